The number of carbonyl (C=O) groups is 1. The van der Waals surface area contributed by atoms with Gasteiger partial charge in [-0.2, -0.15) is 0 Å². The van der Waals surface area contributed by atoms with Crippen LogP contribution in [0.2, 0.25) is 5.02 Å². The second-order valence-corrected chi connectivity index (χ2v) is 7.48. The molecule has 1 N–H and O–H groups in total. The summed E-state index contributed by atoms with van der Waals surface area (Å²) < 4.78 is 31.1. The van der Waals surface area contributed by atoms with Gasteiger partial charge in [0.2, 0.25) is 10.0 Å². The van der Waals surface area contributed by atoms with E-state index in [0.29, 0.717) is 17.1 Å². The molecule has 122 valence electrons. The Labute approximate surface area is 135 Å². The fourth-order valence-corrected chi connectivity index (χ4v) is 3.55. The van der Waals surface area contributed by atoms with Crippen LogP contribution in [0, 0.1) is 0 Å². The van der Waals surface area contributed by atoms with E-state index in [2.05, 4.69) is 4.72 Å². The molecule has 8 heteroatoms. The van der Waals surface area contributed by atoms with Gasteiger partial charge in [0.15, 0.2) is 0 Å². The summed E-state index contributed by atoms with van der Waals surface area (Å²) in [7, 11) is -3.32. The van der Waals surface area contributed by atoms with E-state index in [9.17, 15) is 13.2 Å². The molecule has 1 fully saturated rings. The number of nitrogens with one attached hydrogen (secondary N) is 1. The first-order valence-electron chi connectivity index (χ1n) is 7.12. The molecular weight excluding hydrogens is 328 g/mol. The van der Waals surface area contributed by atoms with E-state index in [1.54, 1.807) is 24.3 Å². The van der Waals surface area contributed by atoms with Crippen LogP contribution >= 0.6 is 11.6 Å². The molecule has 1 unspecified atom stereocenters. The molecule has 0 radical (unpaired) electrons. The van der Waals surface area contributed by atoms with E-state index in [0.717, 1.165) is 6.42 Å². The van der Waals surface area contributed by atoms with Crippen molar-refractivity contribution >= 4 is 33.4 Å². The van der Waals surface area contributed by atoms with E-state index in [1.165, 1.54) is 4.90 Å². The first-order chi connectivity index (χ1) is 10.4. The van der Waals surface area contributed by atoms with Crippen molar-refractivity contribution in [3.05, 3.63) is 29.3 Å². The topological polar surface area (TPSA) is 75.7 Å². The van der Waals surface area contributed by atoms with Gasteiger partial charge in [-0.05, 0) is 24.6 Å². The molecule has 6 nitrogen and oxygen atoms in total. The second-order valence-electron chi connectivity index (χ2n) is 5.12. The molecular formula is C14H19ClN2O4S. The lowest BCUT2D eigenvalue weighted by atomic mass is 10.3. The minimum absolute atomic E-state index is 0.0782. The van der Waals surface area contributed by atoms with E-state index in [1.807, 2.05) is 6.92 Å². The number of carbonyl (C=O) groups excluding carboxylic acids is 1. The van der Waals surface area contributed by atoms with Gasteiger partial charge in [0.25, 0.3) is 0 Å². The van der Waals surface area contributed by atoms with Gasteiger partial charge >= 0.3 is 6.09 Å². The standard InChI is InChI=1S/C14H19ClN2O4S/c1-2-3-7-22(19,20)16-9-13-10-17(14(18)21-13)12-6-4-5-11(15)8-12/h4-6,8,13,16H,2-3,7,9-10H2,1H3. The maximum atomic E-state index is 11.9. The highest BCUT2D eigenvalue weighted by Crippen LogP contribution is 2.24. The maximum absolute atomic E-state index is 11.9. The largest absolute Gasteiger partial charge is 0.443 e. The van der Waals surface area contributed by atoms with Crippen LogP contribution in [0.4, 0.5) is 10.5 Å². The van der Waals surface area contributed by atoms with Crippen molar-refractivity contribution in [2.75, 3.05) is 23.7 Å². The summed E-state index contributed by atoms with van der Waals surface area (Å²) in [4.78, 5) is 13.3. The van der Waals surface area contributed by atoms with E-state index >= 15 is 0 Å². The molecule has 1 aliphatic heterocycles. The molecule has 0 spiro atoms. The minimum Gasteiger partial charge on any atom is -0.443 e. The SMILES string of the molecule is CCCCS(=O)(=O)NCC1CN(c2cccc(Cl)c2)C(=O)O1. The number of unbranched alkanes of at least 4 members (excludes halogenated alkanes) is 1. The molecule has 22 heavy (non-hydrogen) atoms. The number of halogens is 1. The van der Waals surface area contributed by atoms with E-state index < -0.39 is 22.2 Å². The molecule has 1 aliphatic rings. The number of anilines is 1. The zero-order valence-corrected chi connectivity index (χ0v) is 13.9. The number of rotatable bonds is 7. The molecule has 2 rings (SSSR count). The number of ether oxygens (including phenoxy) is 1. The molecule has 0 aromatic heterocycles. The smallest absolute Gasteiger partial charge is 0.414 e. The maximum Gasteiger partial charge on any atom is 0.414 e. The second kappa shape index (κ2) is 7.30. The van der Waals surface area contributed by atoms with Crippen LogP contribution in [0.1, 0.15) is 19.8 Å². The molecule has 0 saturated carbocycles. The number of benzene rings is 1. The highest BCUT2D eigenvalue weighted by molar-refractivity contribution is 7.89. The lowest BCUT2D eigenvalue weighted by Gasteiger charge is -2.13. The zero-order chi connectivity index (χ0) is 16.2. The number of nitrogens with zero attached hydrogens (tertiary/aromatic N) is 1. The van der Waals surface area contributed by atoms with Crippen LogP contribution in [0.3, 0.4) is 0 Å². The summed E-state index contributed by atoms with van der Waals surface area (Å²) >= 11 is 5.91. The molecule has 1 aromatic rings. The van der Waals surface area contributed by atoms with Crippen molar-refractivity contribution < 1.29 is 17.9 Å². The van der Waals surface area contributed by atoms with Crippen LogP contribution in [0.25, 0.3) is 0 Å². The van der Waals surface area contributed by atoms with Crippen LogP contribution in [0.5, 0.6) is 0 Å². The molecule has 1 amide bonds. The summed E-state index contributed by atoms with van der Waals surface area (Å²) in [5, 5.41) is 0.522. The van der Waals surface area contributed by atoms with E-state index in [4.69, 9.17) is 16.3 Å². The van der Waals surface area contributed by atoms with Crippen molar-refractivity contribution in [3.63, 3.8) is 0 Å². The summed E-state index contributed by atoms with van der Waals surface area (Å²) in [6.07, 6.45) is 0.402. The molecule has 1 atom stereocenters. The Balaban J connectivity index is 1.93. The van der Waals surface area contributed by atoms with Crippen molar-refractivity contribution in [1.29, 1.82) is 0 Å². The number of cyclic esters (lactones) is 1. The Kier molecular flexibility index (Phi) is 5.66. The summed E-state index contributed by atoms with van der Waals surface area (Å²) in [5.74, 6) is 0.0855. The van der Waals surface area contributed by atoms with Crippen molar-refractivity contribution in [2.45, 2.75) is 25.9 Å². The normalized spacial score (nSPS) is 18.5. The van der Waals surface area contributed by atoms with Gasteiger partial charge < -0.3 is 4.74 Å². The predicted molar refractivity (Wildman–Crippen MR) is 85.8 cm³/mol. The number of sulfonamides is 1. The third kappa shape index (κ3) is 4.59. The monoisotopic (exact) mass is 346 g/mol. The average Bonchev–Trinajstić information content (AvgIpc) is 2.84. The van der Waals surface area contributed by atoms with Gasteiger partial charge in [-0.15, -0.1) is 0 Å². The van der Waals surface area contributed by atoms with Crippen molar-refractivity contribution in [2.24, 2.45) is 0 Å². The summed E-state index contributed by atoms with van der Waals surface area (Å²) in [5.41, 5.74) is 0.633. The number of hydrogen-bond acceptors (Lipinski definition) is 4. The van der Waals surface area contributed by atoms with Crippen LogP contribution in [0.15, 0.2) is 24.3 Å². The van der Waals surface area contributed by atoms with Gasteiger partial charge in [-0.3, -0.25) is 4.90 Å². The first kappa shape index (κ1) is 17.1. The summed E-state index contributed by atoms with van der Waals surface area (Å²) in [6.45, 7) is 2.29. The molecule has 1 aromatic carbocycles. The summed E-state index contributed by atoms with van der Waals surface area (Å²) in [6, 6.07) is 6.87. The Morgan fingerprint density at radius 1 is 1.45 bits per heavy atom. The quantitative estimate of drug-likeness (QED) is 0.822. The predicted octanol–water partition coefficient (Wildman–Crippen LogP) is 2.38. The third-order valence-corrected chi connectivity index (χ3v) is 4.96. The van der Waals surface area contributed by atoms with E-state index in [-0.39, 0.29) is 18.8 Å². The molecule has 0 bridgehead atoms. The average molecular weight is 347 g/mol. The molecule has 1 heterocycles. The molecule has 1 saturated heterocycles. The van der Waals surface area contributed by atoms with Crippen molar-refractivity contribution in [1.82, 2.24) is 4.72 Å². The van der Waals surface area contributed by atoms with Gasteiger partial charge in [-0.25, -0.2) is 17.9 Å². The van der Waals surface area contributed by atoms with Crippen LogP contribution in [-0.2, 0) is 14.8 Å². The van der Waals surface area contributed by atoms with Gasteiger partial charge in [0, 0.05) is 17.3 Å². The first-order valence-corrected chi connectivity index (χ1v) is 9.15. The Morgan fingerprint density at radius 3 is 2.91 bits per heavy atom. The number of amides is 1. The zero-order valence-electron chi connectivity index (χ0n) is 12.3. The Bertz CT molecular complexity index is 635. The van der Waals surface area contributed by atoms with Gasteiger partial charge in [0.05, 0.1) is 12.3 Å². The fraction of sp³-hybridized carbons (Fsp3) is 0.500. The minimum atomic E-state index is -3.32. The fourth-order valence-electron chi connectivity index (χ4n) is 2.11. The number of hydrogen-bond donors (Lipinski definition) is 1. The third-order valence-electron chi connectivity index (χ3n) is 3.29. The van der Waals surface area contributed by atoms with Crippen LogP contribution < -0.4 is 9.62 Å². The highest BCUT2D eigenvalue weighted by Gasteiger charge is 2.33. The molecule has 0 aliphatic carbocycles. The highest BCUT2D eigenvalue weighted by atomic mass is 35.5. The van der Waals surface area contributed by atoms with Gasteiger partial charge in [0.1, 0.15) is 6.10 Å². The van der Waals surface area contributed by atoms with Crippen molar-refractivity contribution in [3.8, 4) is 0 Å². The lowest BCUT2D eigenvalue weighted by molar-refractivity contribution is 0.143. The van der Waals surface area contributed by atoms with Gasteiger partial charge in [-0.1, -0.05) is 31.0 Å². The van der Waals surface area contributed by atoms with Crippen LogP contribution in [-0.4, -0.2) is 39.5 Å². The Morgan fingerprint density at radius 2 is 2.23 bits per heavy atom. The Hall–Kier alpha value is -1.31. The lowest BCUT2D eigenvalue weighted by Crippen LogP contribution is -2.35.